The second-order valence-corrected chi connectivity index (χ2v) is 6.15. The first kappa shape index (κ1) is 15.6. The summed E-state index contributed by atoms with van der Waals surface area (Å²) in [4.78, 5) is 21.2. The topological polar surface area (TPSA) is 36.4 Å². The number of nitrogens with zero attached hydrogens (tertiary/aromatic N) is 3. The Balaban J connectivity index is 1.45. The molecule has 1 aliphatic rings. The summed E-state index contributed by atoms with van der Waals surface area (Å²) < 4.78 is 13.0. The Morgan fingerprint density at radius 1 is 0.880 bits per heavy atom. The molecule has 25 heavy (non-hydrogen) atoms. The van der Waals surface area contributed by atoms with Gasteiger partial charge in [0, 0.05) is 37.1 Å². The Kier molecular flexibility index (Phi) is 4.06. The molecule has 0 radical (unpaired) electrons. The van der Waals surface area contributed by atoms with E-state index < -0.39 is 0 Å². The molecule has 126 valence electrons. The number of pyridine rings is 1. The van der Waals surface area contributed by atoms with Gasteiger partial charge >= 0.3 is 0 Å². The third kappa shape index (κ3) is 3.18. The van der Waals surface area contributed by atoms with Crippen molar-refractivity contribution < 1.29 is 9.18 Å². The van der Waals surface area contributed by atoms with Gasteiger partial charge in [0.25, 0.3) is 5.91 Å². The van der Waals surface area contributed by atoms with E-state index in [1.807, 2.05) is 35.2 Å². The van der Waals surface area contributed by atoms with E-state index in [0.717, 1.165) is 29.8 Å². The summed E-state index contributed by atoms with van der Waals surface area (Å²) in [5.41, 5.74) is 1.50. The SMILES string of the molecule is O=C(c1ccc(F)cc1)N1CCN(c2ccc3ccccc3n2)CC1. The fourth-order valence-corrected chi connectivity index (χ4v) is 3.15. The van der Waals surface area contributed by atoms with Crippen LogP contribution >= 0.6 is 0 Å². The van der Waals surface area contributed by atoms with Gasteiger partial charge in [-0.05, 0) is 42.5 Å². The normalized spacial score (nSPS) is 14.8. The van der Waals surface area contributed by atoms with E-state index in [9.17, 15) is 9.18 Å². The lowest BCUT2D eigenvalue weighted by molar-refractivity contribution is 0.0746. The molecule has 4 nitrogen and oxygen atoms in total. The molecule has 1 aromatic heterocycles. The number of fused-ring (bicyclic) bond motifs is 1. The fourth-order valence-electron chi connectivity index (χ4n) is 3.15. The number of hydrogen-bond acceptors (Lipinski definition) is 3. The van der Waals surface area contributed by atoms with Gasteiger partial charge in [0.05, 0.1) is 5.52 Å². The second-order valence-electron chi connectivity index (χ2n) is 6.15. The minimum absolute atomic E-state index is 0.0499. The third-order valence-corrected chi connectivity index (χ3v) is 4.57. The van der Waals surface area contributed by atoms with Crippen molar-refractivity contribution in [2.75, 3.05) is 31.1 Å². The molecule has 0 N–H and O–H groups in total. The summed E-state index contributed by atoms with van der Waals surface area (Å²) in [6.45, 7) is 2.73. The first-order valence-corrected chi connectivity index (χ1v) is 8.36. The van der Waals surface area contributed by atoms with Crippen LogP contribution in [0.5, 0.6) is 0 Å². The molecule has 3 aromatic rings. The van der Waals surface area contributed by atoms with Crippen LogP contribution in [0, 0.1) is 5.82 Å². The van der Waals surface area contributed by atoms with Gasteiger partial charge in [-0.2, -0.15) is 0 Å². The molecule has 0 bridgehead atoms. The summed E-state index contributed by atoms with van der Waals surface area (Å²) in [5.74, 6) is 0.558. The molecule has 1 amide bonds. The Morgan fingerprint density at radius 3 is 2.36 bits per heavy atom. The predicted molar refractivity (Wildman–Crippen MR) is 96.3 cm³/mol. The van der Waals surface area contributed by atoms with Crippen LogP contribution in [0.1, 0.15) is 10.4 Å². The highest BCUT2D eigenvalue weighted by Crippen LogP contribution is 2.19. The Bertz CT molecular complexity index is 902. The van der Waals surface area contributed by atoms with Crippen LogP contribution in [-0.2, 0) is 0 Å². The molecule has 0 saturated carbocycles. The van der Waals surface area contributed by atoms with Crippen molar-refractivity contribution in [3.63, 3.8) is 0 Å². The molecule has 2 aromatic carbocycles. The van der Waals surface area contributed by atoms with Gasteiger partial charge in [-0.15, -0.1) is 0 Å². The molecule has 0 aliphatic carbocycles. The van der Waals surface area contributed by atoms with Gasteiger partial charge in [0.2, 0.25) is 0 Å². The molecule has 1 aliphatic heterocycles. The molecule has 1 saturated heterocycles. The quantitative estimate of drug-likeness (QED) is 0.721. The van der Waals surface area contributed by atoms with Crippen molar-refractivity contribution >= 4 is 22.6 Å². The summed E-state index contributed by atoms with van der Waals surface area (Å²) >= 11 is 0. The van der Waals surface area contributed by atoms with Crippen molar-refractivity contribution in [2.24, 2.45) is 0 Å². The van der Waals surface area contributed by atoms with Gasteiger partial charge in [0.15, 0.2) is 0 Å². The minimum atomic E-state index is -0.330. The number of anilines is 1. The molecule has 0 atom stereocenters. The van der Waals surface area contributed by atoms with E-state index in [1.54, 1.807) is 0 Å². The molecule has 0 unspecified atom stereocenters. The average molecular weight is 335 g/mol. The maximum Gasteiger partial charge on any atom is 0.253 e. The molecule has 2 heterocycles. The van der Waals surface area contributed by atoms with Crippen molar-refractivity contribution in [2.45, 2.75) is 0 Å². The number of amides is 1. The smallest absolute Gasteiger partial charge is 0.253 e. The van der Waals surface area contributed by atoms with Crippen LogP contribution in [0.15, 0.2) is 60.7 Å². The van der Waals surface area contributed by atoms with E-state index in [4.69, 9.17) is 4.98 Å². The van der Waals surface area contributed by atoms with Crippen LogP contribution in [0.25, 0.3) is 10.9 Å². The zero-order valence-corrected chi connectivity index (χ0v) is 13.7. The lowest BCUT2D eigenvalue weighted by Crippen LogP contribution is -2.49. The number of halogens is 1. The molecule has 1 fully saturated rings. The van der Waals surface area contributed by atoms with Crippen LogP contribution < -0.4 is 4.90 Å². The van der Waals surface area contributed by atoms with Crippen molar-refractivity contribution in [3.05, 3.63) is 72.0 Å². The Labute approximate surface area is 145 Å². The Morgan fingerprint density at radius 2 is 1.60 bits per heavy atom. The maximum atomic E-state index is 13.0. The van der Waals surface area contributed by atoms with Crippen LogP contribution in [-0.4, -0.2) is 42.0 Å². The summed E-state index contributed by atoms with van der Waals surface area (Å²) in [5, 5.41) is 1.12. The molecular formula is C20H18FN3O. The van der Waals surface area contributed by atoms with Gasteiger partial charge in [0.1, 0.15) is 11.6 Å². The zero-order chi connectivity index (χ0) is 17.2. The van der Waals surface area contributed by atoms with Crippen LogP contribution in [0.3, 0.4) is 0 Å². The minimum Gasteiger partial charge on any atom is -0.353 e. The highest BCUT2D eigenvalue weighted by Gasteiger charge is 2.23. The largest absolute Gasteiger partial charge is 0.353 e. The second kappa shape index (κ2) is 6.51. The number of carbonyl (C=O) groups is 1. The van der Waals surface area contributed by atoms with Crippen LogP contribution in [0.2, 0.25) is 0 Å². The van der Waals surface area contributed by atoms with Gasteiger partial charge in [-0.25, -0.2) is 9.37 Å². The average Bonchev–Trinajstić information content (AvgIpc) is 2.68. The fraction of sp³-hybridized carbons (Fsp3) is 0.200. The number of hydrogen-bond donors (Lipinski definition) is 0. The van der Waals surface area contributed by atoms with Gasteiger partial charge < -0.3 is 9.80 Å². The first-order valence-electron chi connectivity index (χ1n) is 8.36. The number of rotatable bonds is 2. The number of aromatic nitrogens is 1. The summed E-state index contributed by atoms with van der Waals surface area (Å²) in [6.07, 6.45) is 0. The summed E-state index contributed by atoms with van der Waals surface area (Å²) in [6, 6.07) is 17.9. The van der Waals surface area contributed by atoms with E-state index in [0.29, 0.717) is 18.7 Å². The van der Waals surface area contributed by atoms with Crippen molar-refractivity contribution in [1.82, 2.24) is 9.88 Å². The number of para-hydroxylation sites is 1. The number of benzene rings is 2. The summed E-state index contributed by atoms with van der Waals surface area (Å²) in [7, 11) is 0. The monoisotopic (exact) mass is 335 g/mol. The lowest BCUT2D eigenvalue weighted by atomic mass is 10.1. The van der Waals surface area contributed by atoms with Gasteiger partial charge in [-0.3, -0.25) is 4.79 Å². The molecular weight excluding hydrogens is 317 g/mol. The number of piperazine rings is 1. The maximum absolute atomic E-state index is 13.0. The molecule has 0 spiro atoms. The first-order chi connectivity index (χ1) is 12.2. The molecule has 5 heteroatoms. The van der Waals surface area contributed by atoms with E-state index in [-0.39, 0.29) is 11.7 Å². The Hall–Kier alpha value is -2.95. The van der Waals surface area contributed by atoms with Crippen molar-refractivity contribution in [1.29, 1.82) is 0 Å². The van der Waals surface area contributed by atoms with E-state index >= 15 is 0 Å². The highest BCUT2D eigenvalue weighted by atomic mass is 19.1. The third-order valence-electron chi connectivity index (χ3n) is 4.57. The number of carbonyl (C=O) groups excluding carboxylic acids is 1. The zero-order valence-electron chi connectivity index (χ0n) is 13.7. The van der Waals surface area contributed by atoms with E-state index in [1.165, 1.54) is 24.3 Å². The lowest BCUT2D eigenvalue weighted by Gasteiger charge is -2.35. The van der Waals surface area contributed by atoms with Crippen molar-refractivity contribution in [3.8, 4) is 0 Å². The highest BCUT2D eigenvalue weighted by molar-refractivity contribution is 5.94. The predicted octanol–water partition coefficient (Wildman–Crippen LogP) is 3.34. The standard InChI is InChI=1S/C20H18FN3O/c21-17-8-5-16(6-9-17)20(25)24-13-11-23(12-14-24)19-10-7-15-3-1-2-4-18(15)22-19/h1-10H,11-14H2. The van der Waals surface area contributed by atoms with Gasteiger partial charge in [-0.1, -0.05) is 18.2 Å². The van der Waals surface area contributed by atoms with E-state index in [2.05, 4.69) is 11.0 Å². The van der Waals surface area contributed by atoms with Crippen LogP contribution in [0.4, 0.5) is 10.2 Å². The molecule has 4 rings (SSSR count).